The quantitative estimate of drug-likeness (QED) is 0.456. The third-order valence-electron chi connectivity index (χ3n) is 4.51. The van der Waals surface area contributed by atoms with Crippen LogP contribution in [0.4, 0.5) is 5.69 Å². The van der Waals surface area contributed by atoms with E-state index in [0.29, 0.717) is 12.2 Å². The number of benzene rings is 3. The molecule has 0 radical (unpaired) electrons. The van der Waals surface area contributed by atoms with Gasteiger partial charge in [-0.05, 0) is 11.6 Å². The molecule has 4 aromatic rings. The average Bonchev–Trinajstić information content (AvgIpc) is 2.76. The number of hydrogen-bond donors (Lipinski definition) is 0. The largest absolute Gasteiger partial charge is 0.311 e. The van der Waals surface area contributed by atoms with Gasteiger partial charge in [-0.25, -0.2) is 4.99 Å². The summed E-state index contributed by atoms with van der Waals surface area (Å²) in [5.74, 6) is 0. The predicted octanol–water partition coefficient (Wildman–Crippen LogP) is 5.07. The Hall–Kier alpha value is -3.72. The van der Waals surface area contributed by atoms with Gasteiger partial charge in [0.15, 0.2) is 0 Å². The first-order chi connectivity index (χ1) is 13.8. The molecule has 0 aliphatic rings. The monoisotopic (exact) mass is 364 g/mol. The van der Waals surface area contributed by atoms with E-state index < -0.39 is 0 Å². The molecule has 0 aliphatic carbocycles. The van der Waals surface area contributed by atoms with Crippen molar-refractivity contribution in [2.24, 2.45) is 4.99 Å². The molecule has 1 heterocycles. The molecule has 0 N–H and O–H groups in total. The molecule has 0 aliphatic heterocycles. The second-order valence-electron chi connectivity index (χ2n) is 6.53. The molecule has 4 rings (SSSR count). The second-order valence-corrected chi connectivity index (χ2v) is 6.53. The first kappa shape index (κ1) is 17.7. The highest BCUT2D eigenvalue weighted by Gasteiger charge is 2.07. The SMILES string of the molecule is O=c1cc(N=C(c2ccccc2)c2ccccc2)ccn1Cc1ccccc1. The summed E-state index contributed by atoms with van der Waals surface area (Å²) < 4.78 is 1.69. The Balaban J connectivity index is 1.71. The van der Waals surface area contributed by atoms with Crippen molar-refractivity contribution in [3.63, 3.8) is 0 Å². The van der Waals surface area contributed by atoms with Crippen molar-refractivity contribution >= 4 is 11.4 Å². The van der Waals surface area contributed by atoms with Crippen LogP contribution in [0.1, 0.15) is 16.7 Å². The summed E-state index contributed by atoms with van der Waals surface area (Å²) in [6, 6.07) is 33.5. The van der Waals surface area contributed by atoms with Gasteiger partial charge in [-0.2, -0.15) is 0 Å². The van der Waals surface area contributed by atoms with Gasteiger partial charge in [0.1, 0.15) is 0 Å². The summed E-state index contributed by atoms with van der Waals surface area (Å²) in [4.78, 5) is 17.4. The molecule has 0 saturated carbocycles. The zero-order valence-corrected chi connectivity index (χ0v) is 15.4. The molecule has 0 amide bonds. The van der Waals surface area contributed by atoms with Crippen molar-refractivity contribution in [1.82, 2.24) is 4.57 Å². The molecule has 0 atom stereocenters. The topological polar surface area (TPSA) is 34.4 Å². The van der Waals surface area contributed by atoms with Crippen molar-refractivity contribution in [3.8, 4) is 0 Å². The summed E-state index contributed by atoms with van der Waals surface area (Å²) in [6.45, 7) is 0.549. The summed E-state index contributed by atoms with van der Waals surface area (Å²) in [5, 5.41) is 0. The lowest BCUT2D eigenvalue weighted by atomic mass is 10.0. The van der Waals surface area contributed by atoms with Gasteiger partial charge >= 0.3 is 0 Å². The number of aliphatic imine (C=N–C) groups is 1. The first-order valence-corrected chi connectivity index (χ1v) is 9.23. The van der Waals surface area contributed by atoms with Crippen LogP contribution < -0.4 is 5.56 Å². The normalized spacial score (nSPS) is 10.4. The minimum atomic E-state index is -0.0643. The lowest BCUT2D eigenvalue weighted by molar-refractivity contribution is 0.760. The van der Waals surface area contributed by atoms with E-state index >= 15 is 0 Å². The highest BCUT2D eigenvalue weighted by molar-refractivity contribution is 6.13. The van der Waals surface area contributed by atoms with Crippen LogP contribution in [0.5, 0.6) is 0 Å². The van der Waals surface area contributed by atoms with E-state index in [1.165, 1.54) is 0 Å². The maximum absolute atomic E-state index is 12.6. The van der Waals surface area contributed by atoms with Crippen molar-refractivity contribution in [2.75, 3.05) is 0 Å². The third-order valence-corrected chi connectivity index (χ3v) is 4.51. The Morgan fingerprint density at radius 2 is 1.25 bits per heavy atom. The lowest BCUT2D eigenvalue weighted by Gasteiger charge is -2.09. The zero-order chi connectivity index (χ0) is 19.2. The van der Waals surface area contributed by atoms with Crippen LogP contribution in [0.15, 0.2) is 119 Å². The maximum Gasteiger partial charge on any atom is 0.252 e. The van der Waals surface area contributed by atoms with E-state index in [9.17, 15) is 4.79 Å². The molecular weight excluding hydrogens is 344 g/mol. The van der Waals surface area contributed by atoms with Gasteiger partial charge in [0, 0.05) is 23.4 Å². The van der Waals surface area contributed by atoms with Crippen LogP contribution in [0.25, 0.3) is 0 Å². The highest BCUT2D eigenvalue weighted by atomic mass is 16.1. The van der Waals surface area contributed by atoms with Gasteiger partial charge in [0.2, 0.25) is 0 Å². The lowest BCUT2D eigenvalue weighted by Crippen LogP contribution is -2.18. The second kappa shape index (κ2) is 8.31. The van der Waals surface area contributed by atoms with E-state index in [1.807, 2.05) is 103 Å². The van der Waals surface area contributed by atoms with Crippen LogP contribution in [-0.4, -0.2) is 10.3 Å². The molecule has 0 spiro atoms. The van der Waals surface area contributed by atoms with Gasteiger partial charge in [-0.1, -0.05) is 91.0 Å². The minimum Gasteiger partial charge on any atom is -0.311 e. The Labute approximate surface area is 164 Å². The summed E-state index contributed by atoms with van der Waals surface area (Å²) in [7, 11) is 0. The average molecular weight is 364 g/mol. The molecule has 3 heteroatoms. The Kier molecular flexibility index (Phi) is 5.25. The number of hydrogen-bond acceptors (Lipinski definition) is 2. The molecule has 0 unspecified atom stereocenters. The molecule has 28 heavy (non-hydrogen) atoms. The zero-order valence-electron chi connectivity index (χ0n) is 15.4. The molecule has 0 fully saturated rings. The van der Waals surface area contributed by atoms with Crippen LogP contribution in [0, 0.1) is 0 Å². The molecule has 0 saturated heterocycles. The Morgan fingerprint density at radius 3 is 1.79 bits per heavy atom. The summed E-state index contributed by atoms with van der Waals surface area (Å²) in [5.41, 5.74) is 4.56. The molecule has 1 aromatic heterocycles. The van der Waals surface area contributed by atoms with Crippen LogP contribution in [0.3, 0.4) is 0 Å². The van der Waals surface area contributed by atoms with Crippen molar-refractivity contribution < 1.29 is 0 Å². The van der Waals surface area contributed by atoms with Gasteiger partial charge in [0.25, 0.3) is 5.56 Å². The van der Waals surface area contributed by atoms with Gasteiger partial charge in [-0.3, -0.25) is 4.79 Å². The van der Waals surface area contributed by atoms with Crippen molar-refractivity contribution in [1.29, 1.82) is 0 Å². The minimum absolute atomic E-state index is 0.0643. The van der Waals surface area contributed by atoms with Gasteiger partial charge < -0.3 is 4.57 Å². The van der Waals surface area contributed by atoms with Crippen LogP contribution in [-0.2, 0) is 6.54 Å². The third kappa shape index (κ3) is 4.15. The van der Waals surface area contributed by atoms with E-state index in [-0.39, 0.29) is 5.56 Å². The first-order valence-electron chi connectivity index (χ1n) is 9.23. The smallest absolute Gasteiger partial charge is 0.252 e. The fourth-order valence-electron chi connectivity index (χ4n) is 3.09. The molecule has 0 bridgehead atoms. The standard InChI is InChI=1S/C25H20N2O/c28-24-18-23(16-17-27(24)19-20-10-4-1-5-11-20)26-25(21-12-6-2-7-13-21)22-14-8-3-9-15-22/h1-18H,19H2. The number of rotatable bonds is 5. The highest BCUT2D eigenvalue weighted by Crippen LogP contribution is 2.17. The maximum atomic E-state index is 12.6. The van der Waals surface area contributed by atoms with Crippen molar-refractivity contribution in [3.05, 3.63) is 136 Å². The van der Waals surface area contributed by atoms with Gasteiger partial charge in [0.05, 0.1) is 17.9 Å². The fraction of sp³-hybridized carbons (Fsp3) is 0.0400. The molecular formula is C25H20N2O. The number of aromatic nitrogens is 1. The van der Waals surface area contributed by atoms with E-state index in [4.69, 9.17) is 4.99 Å². The van der Waals surface area contributed by atoms with E-state index in [0.717, 1.165) is 22.4 Å². The Morgan fingerprint density at radius 1 is 0.714 bits per heavy atom. The molecule has 3 nitrogen and oxygen atoms in total. The van der Waals surface area contributed by atoms with Crippen molar-refractivity contribution in [2.45, 2.75) is 6.54 Å². The summed E-state index contributed by atoms with van der Waals surface area (Å²) >= 11 is 0. The Bertz CT molecular complexity index is 1090. The number of nitrogens with zero attached hydrogens (tertiary/aromatic N) is 2. The molecule has 136 valence electrons. The van der Waals surface area contributed by atoms with Gasteiger partial charge in [-0.15, -0.1) is 0 Å². The van der Waals surface area contributed by atoms with E-state index in [1.54, 1.807) is 10.6 Å². The van der Waals surface area contributed by atoms with E-state index in [2.05, 4.69) is 0 Å². The molecule has 3 aromatic carbocycles. The van der Waals surface area contributed by atoms with Crippen LogP contribution in [0.2, 0.25) is 0 Å². The number of pyridine rings is 1. The fourth-order valence-corrected chi connectivity index (χ4v) is 3.09. The summed E-state index contributed by atoms with van der Waals surface area (Å²) in [6.07, 6.45) is 1.81. The predicted molar refractivity (Wildman–Crippen MR) is 114 cm³/mol. The van der Waals surface area contributed by atoms with Crippen LogP contribution >= 0.6 is 0 Å².